The van der Waals surface area contributed by atoms with Crippen molar-refractivity contribution in [3.05, 3.63) is 11.3 Å². The largest absolute Gasteiger partial charge is 0.381 e. The van der Waals surface area contributed by atoms with Gasteiger partial charge in [0.25, 0.3) is 0 Å². The number of rotatable bonds is 3. The third-order valence-corrected chi connectivity index (χ3v) is 5.48. The molecule has 0 saturated carbocycles. The van der Waals surface area contributed by atoms with Crippen molar-refractivity contribution in [1.82, 2.24) is 14.9 Å². The molecule has 3 aliphatic rings. The van der Waals surface area contributed by atoms with Crippen molar-refractivity contribution in [1.29, 1.82) is 0 Å². The molecular formula is C18H29N5O2. The average Bonchev–Trinajstić information content (AvgIpc) is 2.68. The van der Waals surface area contributed by atoms with E-state index in [4.69, 9.17) is 19.4 Å². The standard InChI is InChI=1S/C18H29N5O2/c1-21(2)17-15-13-23(14-4-9-24-10-5-14)6-3-16(15)19-18(20-17)22-7-11-25-12-8-22/h14H,3-13H2,1-2H3. The zero-order valence-electron chi connectivity index (χ0n) is 15.4. The van der Waals surface area contributed by atoms with Crippen LogP contribution in [-0.4, -0.2) is 81.1 Å². The molecule has 2 saturated heterocycles. The van der Waals surface area contributed by atoms with E-state index in [-0.39, 0.29) is 0 Å². The van der Waals surface area contributed by atoms with E-state index >= 15 is 0 Å². The van der Waals surface area contributed by atoms with Gasteiger partial charge in [-0.1, -0.05) is 0 Å². The average molecular weight is 347 g/mol. The van der Waals surface area contributed by atoms with Crippen LogP contribution in [0.3, 0.4) is 0 Å². The first-order valence-electron chi connectivity index (χ1n) is 9.44. The van der Waals surface area contributed by atoms with E-state index in [0.717, 1.165) is 83.6 Å². The first kappa shape index (κ1) is 17.0. The molecular weight excluding hydrogens is 318 g/mol. The molecule has 7 nitrogen and oxygen atoms in total. The Bertz CT molecular complexity index is 597. The Morgan fingerprint density at radius 3 is 2.40 bits per heavy atom. The van der Waals surface area contributed by atoms with Crippen LogP contribution in [0.25, 0.3) is 0 Å². The van der Waals surface area contributed by atoms with Crippen LogP contribution in [0.2, 0.25) is 0 Å². The third-order valence-electron chi connectivity index (χ3n) is 5.48. The lowest BCUT2D eigenvalue weighted by Crippen LogP contribution is -2.43. The fourth-order valence-electron chi connectivity index (χ4n) is 4.04. The molecule has 0 spiro atoms. The molecule has 1 aromatic heterocycles. The van der Waals surface area contributed by atoms with Crippen molar-refractivity contribution >= 4 is 11.8 Å². The second-order valence-electron chi connectivity index (χ2n) is 7.33. The third kappa shape index (κ3) is 3.59. The summed E-state index contributed by atoms with van der Waals surface area (Å²) in [6, 6.07) is 0.635. The van der Waals surface area contributed by atoms with Crippen molar-refractivity contribution in [3.8, 4) is 0 Å². The van der Waals surface area contributed by atoms with E-state index in [0.29, 0.717) is 6.04 Å². The minimum absolute atomic E-state index is 0.635. The topological polar surface area (TPSA) is 54.0 Å². The van der Waals surface area contributed by atoms with Crippen LogP contribution in [0.4, 0.5) is 11.8 Å². The number of anilines is 2. The Labute approximate surface area is 149 Å². The van der Waals surface area contributed by atoms with Crippen molar-refractivity contribution in [2.75, 3.05) is 70.0 Å². The van der Waals surface area contributed by atoms with Crippen LogP contribution in [0.1, 0.15) is 24.1 Å². The molecule has 2 fully saturated rings. The maximum absolute atomic E-state index is 5.53. The molecule has 0 radical (unpaired) electrons. The van der Waals surface area contributed by atoms with Gasteiger partial charge in [0, 0.05) is 71.5 Å². The summed E-state index contributed by atoms with van der Waals surface area (Å²) < 4.78 is 11.0. The summed E-state index contributed by atoms with van der Waals surface area (Å²) in [6.45, 7) is 7.09. The normalized spacial score (nSPS) is 22.7. The summed E-state index contributed by atoms with van der Waals surface area (Å²) >= 11 is 0. The molecule has 7 heteroatoms. The number of morpholine rings is 1. The molecule has 4 rings (SSSR count). The molecule has 4 heterocycles. The fraction of sp³-hybridized carbons (Fsp3) is 0.778. The highest BCUT2D eigenvalue weighted by atomic mass is 16.5. The van der Waals surface area contributed by atoms with Crippen molar-refractivity contribution in [3.63, 3.8) is 0 Å². The summed E-state index contributed by atoms with van der Waals surface area (Å²) in [5.74, 6) is 1.94. The van der Waals surface area contributed by atoms with Crippen LogP contribution in [0.15, 0.2) is 0 Å². The molecule has 0 unspecified atom stereocenters. The molecule has 1 aromatic rings. The monoisotopic (exact) mass is 347 g/mol. The van der Waals surface area contributed by atoms with E-state index < -0.39 is 0 Å². The Morgan fingerprint density at radius 2 is 1.68 bits per heavy atom. The van der Waals surface area contributed by atoms with Gasteiger partial charge in [-0.3, -0.25) is 4.90 Å². The second kappa shape index (κ2) is 7.43. The number of hydrogen-bond donors (Lipinski definition) is 0. The van der Waals surface area contributed by atoms with E-state index in [2.05, 4.69) is 28.8 Å². The zero-order chi connectivity index (χ0) is 17.2. The highest BCUT2D eigenvalue weighted by molar-refractivity contribution is 5.53. The van der Waals surface area contributed by atoms with Crippen LogP contribution in [0.5, 0.6) is 0 Å². The Kier molecular flexibility index (Phi) is 5.05. The van der Waals surface area contributed by atoms with Crippen molar-refractivity contribution in [2.45, 2.75) is 31.8 Å². The SMILES string of the molecule is CN(C)c1nc(N2CCOCC2)nc2c1CN(C1CCOCC1)CC2. The molecule has 0 amide bonds. The van der Waals surface area contributed by atoms with E-state index in [9.17, 15) is 0 Å². The Balaban J connectivity index is 1.60. The van der Waals surface area contributed by atoms with Gasteiger partial charge in [0.05, 0.1) is 18.9 Å². The molecule has 25 heavy (non-hydrogen) atoms. The summed E-state index contributed by atoms with van der Waals surface area (Å²) in [5, 5.41) is 0. The summed E-state index contributed by atoms with van der Waals surface area (Å²) in [7, 11) is 4.16. The summed E-state index contributed by atoms with van der Waals surface area (Å²) in [5.41, 5.74) is 2.53. The second-order valence-corrected chi connectivity index (χ2v) is 7.33. The van der Waals surface area contributed by atoms with Gasteiger partial charge in [0.2, 0.25) is 5.95 Å². The van der Waals surface area contributed by atoms with Gasteiger partial charge < -0.3 is 19.3 Å². The van der Waals surface area contributed by atoms with Crippen LogP contribution < -0.4 is 9.80 Å². The fourth-order valence-corrected chi connectivity index (χ4v) is 4.04. The number of nitrogens with zero attached hydrogens (tertiary/aromatic N) is 5. The summed E-state index contributed by atoms with van der Waals surface area (Å²) in [6.07, 6.45) is 3.28. The first-order chi connectivity index (χ1) is 12.2. The maximum Gasteiger partial charge on any atom is 0.227 e. The minimum Gasteiger partial charge on any atom is -0.381 e. The maximum atomic E-state index is 5.53. The van der Waals surface area contributed by atoms with Crippen LogP contribution in [-0.2, 0) is 22.4 Å². The highest BCUT2D eigenvalue weighted by Crippen LogP contribution is 2.30. The minimum atomic E-state index is 0.635. The van der Waals surface area contributed by atoms with Gasteiger partial charge in [0.15, 0.2) is 0 Å². The molecule has 3 aliphatic heterocycles. The lowest BCUT2D eigenvalue weighted by atomic mass is 10.00. The van der Waals surface area contributed by atoms with Crippen LogP contribution in [0, 0.1) is 0 Å². The number of aromatic nitrogens is 2. The Morgan fingerprint density at radius 1 is 0.960 bits per heavy atom. The quantitative estimate of drug-likeness (QED) is 0.806. The molecule has 0 aromatic carbocycles. The van der Waals surface area contributed by atoms with E-state index in [1.165, 1.54) is 11.3 Å². The highest BCUT2D eigenvalue weighted by Gasteiger charge is 2.29. The van der Waals surface area contributed by atoms with E-state index in [1.54, 1.807) is 0 Å². The number of fused-ring (bicyclic) bond motifs is 1. The molecule has 0 N–H and O–H groups in total. The van der Waals surface area contributed by atoms with Crippen LogP contribution >= 0.6 is 0 Å². The number of ether oxygens (including phenoxy) is 2. The lowest BCUT2D eigenvalue weighted by Gasteiger charge is -2.38. The number of hydrogen-bond acceptors (Lipinski definition) is 7. The van der Waals surface area contributed by atoms with Crippen molar-refractivity contribution < 1.29 is 9.47 Å². The lowest BCUT2D eigenvalue weighted by molar-refractivity contribution is 0.0288. The predicted molar refractivity (Wildman–Crippen MR) is 97.3 cm³/mol. The predicted octanol–water partition coefficient (Wildman–Crippen LogP) is 0.916. The molecule has 0 bridgehead atoms. The molecule has 138 valence electrons. The zero-order valence-corrected chi connectivity index (χ0v) is 15.4. The van der Waals surface area contributed by atoms with Gasteiger partial charge in [-0.05, 0) is 12.8 Å². The molecule has 0 aliphatic carbocycles. The Hall–Kier alpha value is -1.44. The van der Waals surface area contributed by atoms with Gasteiger partial charge in [-0.25, -0.2) is 4.98 Å². The van der Waals surface area contributed by atoms with Crippen molar-refractivity contribution in [2.24, 2.45) is 0 Å². The van der Waals surface area contributed by atoms with E-state index in [1.807, 2.05) is 0 Å². The molecule has 0 atom stereocenters. The summed E-state index contributed by atoms with van der Waals surface area (Å²) in [4.78, 5) is 16.9. The van der Waals surface area contributed by atoms with Gasteiger partial charge >= 0.3 is 0 Å². The first-order valence-corrected chi connectivity index (χ1v) is 9.44. The van der Waals surface area contributed by atoms with Gasteiger partial charge in [-0.15, -0.1) is 0 Å². The smallest absolute Gasteiger partial charge is 0.227 e. The van der Waals surface area contributed by atoms with Gasteiger partial charge in [-0.2, -0.15) is 4.98 Å². The van der Waals surface area contributed by atoms with Gasteiger partial charge in [0.1, 0.15) is 5.82 Å².